The zero-order valence-electron chi connectivity index (χ0n) is 14.1. The van der Waals surface area contributed by atoms with Crippen LogP contribution in [0.2, 0.25) is 5.02 Å². The third-order valence-corrected chi connectivity index (χ3v) is 5.59. The minimum Gasteiger partial charge on any atom is -0.337 e. The third kappa shape index (κ3) is 3.74. The van der Waals surface area contributed by atoms with Crippen molar-refractivity contribution in [2.24, 2.45) is 0 Å². The Morgan fingerprint density at radius 2 is 2.08 bits per heavy atom. The molecule has 0 bridgehead atoms. The molecule has 1 aromatic carbocycles. The second kappa shape index (κ2) is 7.13. The smallest absolute Gasteiger partial charge is 0.235 e. The van der Waals surface area contributed by atoms with Crippen molar-refractivity contribution in [3.63, 3.8) is 0 Å². The Kier molecular flexibility index (Phi) is 5.12. The molecule has 2 aliphatic rings. The van der Waals surface area contributed by atoms with Crippen molar-refractivity contribution in [1.29, 1.82) is 5.26 Å². The van der Waals surface area contributed by atoms with E-state index in [1.807, 2.05) is 24.3 Å². The van der Waals surface area contributed by atoms with Crippen LogP contribution >= 0.6 is 11.6 Å². The molecule has 4 nitrogen and oxygen atoms in total. The monoisotopic (exact) mass is 345 g/mol. The van der Waals surface area contributed by atoms with Crippen molar-refractivity contribution in [2.75, 3.05) is 6.54 Å². The van der Waals surface area contributed by atoms with E-state index in [-0.39, 0.29) is 11.9 Å². The summed E-state index contributed by atoms with van der Waals surface area (Å²) in [5, 5.41) is 13.2. The first kappa shape index (κ1) is 17.3. The Morgan fingerprint density at radius 3 is 2.67 bits per heavy atom. The van der Waals surface area contributed by atoms with Crippen molar-refractivity contribution in [1.82, 2.24) is 10.2 Å². The number of amides is 1. The lowest BCUT2D eigenvalue weighted by Crippen LogP contribution is -2.49. The molecule has 2 aliphatic carbocycles. The number of benzene rings is 1. The topological polar surface area (TPSA) is 56.1 Å². The summed E-state index contributed by atoms with van der Waals surface area (Å²) in [6.07, 6.45) is 5.78. The summed E-state index contributed by atoms with van der Waals surface area (Å²) in [5.41, 5.74) is 0.398. The van der Waals surface area contributed by atoms with E-state index in [0.29, 0.717) is 12.6 Å². The fourth-order valence-electron chi connectivity index (χ4n) is 3.70. The van der Waals surface area contributed by atoms with Crippen LogP contribution in [0.15, 0.2) is 24.3 Å². The number of nitrogens with zero attached hydrogens (tertiary/aromatic N) is 2. The summed E-state index contributed by atoms with van der Waals surface area (Å²) in [4.78, 5) is 14.8. The Bertz CT molecular complexity index is 644. The average molecular weight is 346 g/mol. The number of carbonyl (C=O) groups is 1. The summed E-state index contributed by atoms with van der Waals surface area (Å²) < 4.78 is 0. The Morgan fingerprint density at radius 1 is 1.42 bits per heavy atom. The minimum atomic E-state index is -0.653. The molecule has 0 saturated heterocycles. The van der Waals surface area contributed by atoms with Gasteiger partial charge in [0.05, 0.1) is 12.6 Å². The number of nitriles is 1. The molecule has 2 fully saturated rings. The summed E-state index contributed by atoms with van der Waals surface area (Å²) in [6, 6.07) is 10.7. The predicted octanol–water partition coefficient (Wildman–Crippen LogP) is 3.82. The van der Waals surface area contributed by atoms with Gasteiger partial charge in [-0.15, -0.1) is 0 Å². The van der Waals surface area contributed by atoms with Crippen LogP contribution in [0.3, 0.4) is 0 Å². The number of carbonyl (C=O) groups excluding carboxylic acids is 1. The maximum absolute atomic E-state index is 12.6. The molecular weight excluding hydrogens is 322 g/mol. The van der Waals surface area contributed by atoms with Crippen molar-refractivity contribution >= 4 is 17.5 Å². The fourth-order valence-corrected chi connectivity index (χ4v) is 3.99. The average Bonchev–Trinajstić information content (AvgIpc) is 3.32. The van der Waals surface area contributed by atoms with Crippen LogP contribution in [0.5, 0.6) is 0 Å². The molecule has 0 aromatic heterocycles. The zero-order valence-corrected chi connectivity index (χ0v) is 14.9. The van der Waals surface area contributed by atoms with Crippen LogP contribution in [-0.2, 0) is 4.79 Å². The maximum atomic E-state index is 12.6. The summed E-state index contributed by atoms with van der Waals surface area (Å²) in [5.74, 6) is -0.0516. The number of rotatable bonds is 6. The summed E-state index contributed by atoms with van der Waals surface area (Å²) in [6.45, 7) is 2.42. The minimum absolute atomic E-state index is 0.0516. The highest BCUT2D eigenvalue weighted by Gasteiger charge is 2.38. The molecular formula is C19H24ClN3O. The van der Waals surface area contributed by atoms with Crippen molar-refractivity contribution < 1.29 is 4.79 Å². The van der Waals surface area contributed by atoms with Crippen LogP contribution in [0, 0.1) is 11.3 Å². The van der Waals surface area contributed by atoms with E-state index in [2.05, 4.69) is 23.2 Å². The van der Waals surface area contributed by atoms with Crippen LogP contribution in [-0.4, -0.2) is 28.9 Å². The zero-order chi connectivity index (χ0) is 17.2. The first-order valence-electron chi connectivity index (χ1n) is 8.77. The molecule has 3 rings (SSSR count). The van der Waals surface area contributed by atoms with Gasteiger partial charge in [-0.25, -0.2) is 0 Å². The highest BCUT2D eigenvalue weighted by atomic mass is 35.5. The lowest BCUT2D eigenvalue weighted by atomic mass is 10.00. The van der Waals surface area contributed by atoms with E-state index < -0.39 is 5.54 Å². The quantitative estimate of drug-likeness (QED) is 0.852. The SMILES string of the molecule is C[C@H](c1ccccc1Cl)N(CC(=O)NC1(C#N)CCCC1)C1CC1. The normalized spacial score (nSPS) is 20.6. The molecule has 0 unspecified atom stereocenters. The van der Waals surface area contributed by atoms with Crippen molar-refractivity contribution in [3.8, 4) is 6.07 Å². The molecule has 128 valence electrons. The fraction of sp³-hybridized carbons (Fsp3) is 0.579. The Hall–Kier alpha value is -1.57. The lowest BCUT2D eigenvalue weighted by molar-refractivity contribution is -0.124. The Labute approximate surface area is 148 Å². The molecule has 0 aliphatic heterocycles. The van der Waals surface area contributed by atoms with Crippen molar-refractivity contribution in [3.05, 3.63) is 34.9 Å². The van der Waals surface area contributed by atoms with E-state index in [1.165, 1.54) is 0 Å². The first-order chi connectivity index (χ1) is 11.5. The van der Waals surface area contributed by atoms with Gasteiger partial charge in [-0.2, -0.15) is 5.26 Å². The van der Waals surface area contributed by atoms with E-state index in [0.717, 1.165) is 49.1 Å². The number of halogens is 1. The molecule has 0 heterocycles. The van der Waals surface area contributed by atoms with Gasteiger partial charge in [0.15, 0.2) is 0 Å². The largest absolute Gasteiger partial charge is 0.337 e. The maximum Gasteiger partial charge on any atom is 0.235 e. The molecule has 1 aromatic rings. The highest BCUT2D eigenvalue weighted by molar-refractivity contribution is 6.31. The molecule has 1 amide bonds. The van der Waals surface area contributed by atoms with Gasteiger partial charge in [-0.1, -0.05) is 29.8 Å². The molecule has 1 N–H and O–H groups in total. The van der Waals surface area contributed by atoms with Crippen LogP contribution < -0.4 is 5.32 Å². The molecule has 0 spiro atoms. The van der Waals surface area contributed by atoms with E-state index in [4.69, 9.17) is 11.6 Å². The van der Waals surface area contributed by atoms with Gasteiger partial charge in [-0.05, 0) is 57.1 Å². The Balaban J connectivity index is 1.69. The molecule has 0 radical (unpaired) electrons. The summed E-state index contributed by atoms with van der Waals surface area (Å²) in [7, 11) is 0. The van der Waals surface area contributed by atoms with Gasteiger partial charge in [0, 0.05) is 17.1 Å². The van der Waals surface area contributed by atoms with E-state index >= 15 is 0 Å². The second-order valence-corrected chi connectivity index (χ2v) is 7.46. The van der Waals surface area contributed by atoms with E-state index in [9.17, 15) is 10.1 Å². The van der Waals surface area contributed by atoms with E-state index in [1.54, 1.807) is 0 Å². The van der Waals surface area contributed by atoms with Crippen molar-refractivity contribution in [2.45, 2.75) is 63.1 Å². The van der Waals surface area contributed by atoms with Gasteiger partial charge in [-0.3, -0.25) is 9.69 Å². The standard InChI is InChI=1S/C19H24ClN3O/c1-14(16-6-2-3-7-17(16)20)23(15-8-9-15)12-18(24)22-19(13-21)10-4-5-11-19/h2-3,6-7,14-15H,4-5,8-12H2,1H3,(H,22,24)/t14-/m1/s1. The number of hydrogen-bond acceptors (Lipinski definition) is 3. The first-order valence-corrected chi connectivity index (χ1v) is 9.15. The molecule has 1 atom stereocenters. The second-order valence-electron chi connectivity index (χ2n) is 7.05. The van der Waals surface area contributed by atoms with Gasteiger partial charge in [0.1, 0.15) is 5.54 Å². The van der Waals surface area contributed by atoms with Gasteiger partial charge >= 0.3 is 0 Å². The lowest BCUT2D eigenvalue weighted by Gasteiger charge is -2.31. The number of nitrogens with one attached hydrogen (secondary N) is 1. The highest BCUT2D eigenvalue weighted by Crippen LogP contribution is 2.36. The molecule has 5 heteroatoms. The number of hydrogen-bond donors (Lipinski definition) is 1. The molecule has 2 saturated carbocycles. The summed E-state index contributed by atoms with van der Waals surface area (Å²) >= 11 is 6.34. The van der Waals surface area contributed by atoms with Gasteiger partial charge in [0.2, 0.25) is 5.91 Å². The van der Waals surface area contributed by atoms with Gasteiger partial charge in [0.25, 0.3) is 0 Å². The third-order valence-electron chi connectivity index (χ3n) is 5.24. The van der Waals surface area contributed by atoms with Crippen LogP contribution in [0.4, 0.5) is 0 Å². The predicted molar refractivity (Wildman–Crippen MR) is 94.5 cm³/mol. The van der Waals surface area contributed by atoms with Crippen LogP contribution in [0.25, 0.3) is 0 Å². The van der Waals surface area contributed by atoms with Crippen LogP contribution in [0.1, 0.15) is 57.1 Å². The molecule has 24 heavy (non-hydrogen) atoms. The van der Waals surface area contributed by atoms with Gasteiger partial charge < -0.3 is 5.32 Å².